The van der Waals surface area contributed by atoms with Gasteiger partial charge in [-0.25, -0.2) is 0 Å². The van der Waals surface area contributed by atoms with Crippen LogP contribution in [0.15, 0.2) is 11.1 Å². The van der Waals surface area contributed by atoms with E-state index in [1.165, 1.54) is 5.57 Å². The lowest BCUT2D eigenvalue weighted by Gasteiger charge is -2.24. The van der Waals surface area contributed by atoms with E-state index < -0.39 is 0 Å². The first-order valence-electron chi connectivity index (χ1n) is 4.82. The molecule has 2 aliphatic carbocycles. The summed E-state index contributed by atoms with van der Waals surface area (Å²) in [5, 5.41) is 2.45. The molecule has 13 heavy (non-hydrogen) atoms. The highest BCUT2D eigenvalue weighted by Gasteiger charge is 2.56. The van der Waals surface area contributed by atoms with Crippen LogP contribution in [0.4, 0.5) is 0 Å². The predicted octanol–water partition coefficient (Wildman–Crippen LogP) is 0.903. The second-order valence-electron chi connectivity index (χ2n) is 4.20. The van der Waals surface area contributed by atoms with Gasteiger partial charge in [0.15, 0.2) is 0 Å². The predicted molar refractivity (Wildman–Crippen MR) is 45.7 cm³/mol. The van der Waals surface area contributed by atoms with E-state index in [4.69, 9.17) is 0 Å². The van der Waals surface area contributed by atoms with Gasteiger partial charge in [0.1, 0.15) is 0 Å². The molecule has 0 spiro atoms. The fraction of sp³-hybridized carbons (Fsp3) is 0.600. The highest BCUT2D eigenvalue weighted by Crippen LogP contribution is 2.54. The number of rotatable bonds is 0. The molecule has 3 heteroatoms. The molecule has 0 aromatic heterocycles. The van der Waals surface area contributed by atoms with Crippen molar-refractivity contribution < 1.29 is 9.59 Å². The van der Waals surface area contributed by atoms with Crippen LogP contribution in [0.3, 0.4) is 0 Å². The van der Waals surface area contributed by atoms with Crippen molar-refractivity contribution in [3.63, 3.8) is 0 Å². The molecule has 0 aromatic rings. The third-order valence-electron chi connectivity index (χ3n) is 3.66. The molecule has 0 radical (unpaired) electrons. The Hall–Kier alpha value is -1.12. The number of nitrogens with one attached hydrogen (secondary N) is 1. The van der Waals surface area contributed by atoms with E-state index in [2.05, 4.69) is 5.32 Å². The van der Waals surface area contributed by atoms with E-state index in [9.17, 15) is 9.59 Å². The Morgan fingerprint density at radius 3 is 2.77 bits per heavy atom. The van der Waals surface area contributed by atoms with Crippen LogP contribution in [0.2, 0.25) is 0 Å². The van der Waals surface area contributed by atoms with Crippen LogP contribution in [0.25, 0.3) is 0 Å². The van der Waals surface area contributed by atoms with Gasteiger partial charge in [0, 0.05) is 5.57 Å². The molecule has 3 nitrogen and oxygen atoms in total. The summed E-state index contributed by atoms with van der Waals surface area (Å²) in [5.41, 5.74) is 1.70. The summed E-state index contributed by atoms with van der Waals surface area (Å²) in [7, 11) is 0. The molecule has 1 atom stereocenters. The molecule has 3 rings (SSSR count). The van der Waals surface area contributed by atoms with E-state index in [1.54, 1.807) is 0 Å². The maximum atomic E-state index is 11.6. The largest absolute Gasteiger partial charge is 0.292 e. The Bertz CT molecular complexity index is 356. The lowest BCUT2D eigenvalue weighted by atomic mass is 9.75. The van der Waals surface area contributed by atoms with Gasteiger partial charge in [-0.05, 0) is 32.1 Å². The SMILES string of the molecule is O=C1NC(=O)C23CCCC(=C12)CC3. The van der Waals surface area contributed by atoms with Gasteiger partial charge in [-0.15, -0.1) is 0 Å². The zero-order valence-corrected chi connectivity index (χ0v) is 7.35. The Morgan fingerprint density at radius 1 is 1.15 bits per heavy atom. The van der Waals surface area contributed by atoms with Crippen molar-refractivity contribution in [3.8, 4) is 0 Å². The van der Waals surface area contributed by atoms with Crippen molar-refractivity contribution in [1.29, 1.82) is 0 Å². The maximum absolute atomic E-state index is 11.6. The van der Waals surface area contributed by atoms with Crippen molar-refractivity contribution in [2.24, 2.45) is 5.41 Å². The average Bonchev–Trinajstić information content (AvgIpc) is 2.48. The van der Waals surface area contributed by atoms with Crippen LogP contribution in [0.1, 0.15) is 32.1 Å². The molecule has 1 unspecified atom stereocenters. The van der Waals surface area contributed by atoms with Gasteiger partial charge in [-0.3, -0.25) is 14.9 Å². The number of imide groups is 1. The highest BCUT2D eigenvalue weighted by molar-refractivity contribution is 6.18. The highest BCUT2D eigenvalue weighted by atomic mass is 16.2. The Labute approximate surface area is 76.2 Å². The van der Waals surface area contributed by atoms with Crippen LogP contribution in [0, 0.1) is 5.41 Å². The lowest BCUT2D eigenvalue weighted by molar-refractivity contribution is -0.128. The third kappa shape index (κ3) is 0.666. The van der Waals surface area contributed by atoms with E-state index in [0.717, 1.165) is 37.7 Å². The van der Waals surface area contributed by atoms with Gasteiger partial charge in [-0.1, -0.05) is 5.57 Å². The average molecular weight is 177 g/mol. The summed E-state index contributed by atoms with van der Waals surface area (Å²) >= 11 is 0. The number of hydrogen-bond donors (Lipinski definition) is 1. The number of carbonyl (C=O) groups is 2. The van der Waals surface area contributed by atoms with Crippen LogP contribution in [0.5, 0.6) is 0 Å². The van der Waals surface area contributed by atoms with Crippen molar-refractivity contribution >= 4 is 11.8 Å². The van der Waals surface area contributed by atoms with Gasteiger partial charge >= 0.3 is 0 Å². The first kappa shape index (κ1) is 7.30. The monoisotopic (exact) mass is 177 g/mol. The Balaban J connectivity index is 2.25. The van der Waals surface area contributed by atoms with Crippen LogP contribution in [-0.4, -0.2) is 11.8 Å². The van der Waals surface area contributed by atoms with E-state index in [0.29, 0.717) is 0 Å². The quantitative estimate of drug-likeness (QED) is 0.559. The van der Waals surface area contributed by atoms with Gasteiger partial charge in [0.05, 0.1) is 5.41 Å². The number of allylic oxidation sites excluding steroid dienone is 1. The maximum Gasteiger partial charge on any atom is 0.254 e. The standard InChI is InChI=1S/C10H11NO2/c12-8-7-6-2-1-4-10(7,5-3-6)9(13)11-8/h1-5H2,(H,11,12,13). The van der Waals surface area contributed by atoms with Crippen LogP contribution < -0.4 is 5.32 Å². The molecule has 0 saturated carbocycles. The number of amides is 2. The summed E-state index contributed by atoms with van der Waals surface area (Å²) < 4.78 is 0. The summed E-state index contributed by atoms with van der Waals surface area (Å²) in [6.45, 7) is 0. The first-order chi connectivity index (χ1) is 6.24. The van der Waals surface area contributed by atoms with Gasteiger partial charge < -0.3 is 0 Å². The van der Waals surface area contributed by atoms with Crippen molar-refractivity contribution in [2.75, 3.05) is 0 Å². The molecule has 68 valence electrons. The smallest absolute Gasteiger partial charge is 0.254 e. The minimum atomic E-state index is -0.384. The van der Waals surface area contributed by atoms with Crippen molar-refractivity contribution in [3.05, 3.63) is 11.1 Å². The number of hydrogen-bond acceptors (Lipinski definition) is 2. The second-order valence-corrected chi connectivity index (χ2v) is 4.20. The summed E-state index contributed by atoms with van der Waals surface area (Å²) in [6.07, 6.45) is 4.81. The fourth-order valence-corrected chi connectivity index (χ4v) is 3.06. The van der Waals surface area contributed by atoms with Crippen LogP contribution >= 0.6 is 0 Å². The molecule has 1 aliphatic heterocycles. The summed E-state index contributed by atoms with van der Waals surface area (Å²) in [4.78, 5) is 23.1. The molecular weight excluding hydrogens is 166 g/mol. The Morgan fingerprint density at radius 2 is 2.00 bits per heavy atom. The molecule has 3 aliphatic rings. The molecule has 2 amide bonds. The lowest BCUT2D eigenvalue weighted by Crippen LogP contribution is -2.31. The minimum Gasteiger partial charge on any atom is -0.292 e. The summed E-state index contributed by atoms with van der Waals surface area (Å²) in [5.74, 6) is -0.153. The zero-order valence-electron chi connectivity index (χ0n) is 7.35. The van der Waals surface area contributed by atoms with Gasteiger partial charge in [-0.2, -0.15) is 0 Å². The van der Waals surface area contributed by atoms with Gasteiger partial charge in [0.2, 0.25) is 5.91 Å². The van der Waals surface area contributed by atoms with Crippen LogP contribution in [-0.2, 0) is 9.59 Å². The van der Waals surface area contributed by atoms with Gasteiger partial charge in [0.25, 0.3) is 5.91 Å². The van der Waals surface area contributed by atoms with E-state index in [1.807, 2.05) is 0 Å². The molecule has 0 aromatic carbocycles. The summed E-state index contributed by atoms with van der Waals surface area (Å²) in [6, 6.07) is 0. The Kier molecular flexibility index (Phi) is 1.14. The first-order valence-corrected chi connectivity index (χ1v) is 4.82. The normalized spacial score (nSPS) is 36.6. The zero-order chi connectivity index (χ0) is 9.05. The molecular formula is C10H11NO2. The third-order valence-corrected chi connectivity index (χ3v) is 3.66. The molecule has 2 bridgehead atoms. The number of carbonyl (C=O) groups excluding carboxylic acids is 2. The van der Waals surface area contributed by atoms with Crippen molar-refractivity contribution in [1.82, 2.24) is 5.32 Å². The molecule has 1 saturated heterocycles. The van der Waals surface area contributed by atoms with Crippen molar-refractivity contribution in [2.45, 2.75) is 32.1 Å². The molecule has 1 N–H and O–H groups in total. The molecule has 1 fully saturated rings. The van der Waals surface area contributed by atoms with E-state index >= 15 is 0 Å². The van der Waals surface area contributed by atoms with E-state index in [-0.39, 0.29) is 17.2 Å². The topological polar surface area (TPSA) is 46.2 Å². The minimum absolute atomic E-state index is 0.0396. The molecule has 1 heterocycles. The fourth-order valence-electron chi connectivity index (χ4n) is 3.06. The second kappa shape index (κ2) is 2.03.